The quantitative estimate of drug-likeness (QED) is 0.610. The SMILES string of the molecule is O=C=NCc1c(O)cccc1C(F)(F)F. The molecule has 0 atom stereocenters. The zero-order valence-electron chi connectivity index (χ0n) is 7.38. The van der Waals surface area contributed by atoms with Gasteiger partial charge in [0, 0.05) is 5.56 Å². The fraction of sp³-hybridized carbons (Fsp3) is 0.222. The first-order valence-electron chi connectivity index (χ1n) is 3.88. The maximum Gasteiger partial charge on any atom is 0.416 e. The lowest BCUT2D eigenvalue weighted by Crippen LogP contribution is -2.08. The van der Waals surface area contributed by atoms with E-state index in [-0.39, 0.29) is 0 Å². The van der Waals surface area contributed by atoms with Gasteiger partial charge >= 0.3 is 6.18 Å². The number of aliphatic imine (C=N–C) groups is 1. The number of rotatable bonds is 2. The molecular formula is C9H6F3NO2. The highest BCUT2D eigenvalue weighted by molar-refractivity contribution is 5.42. The molecule has 0 aromatic heterocycles. The minimum atomic E-state index is -4.58. The molecule has 15 heavy (non-hydrogen) atoms. The second-order valence-electron chi connectivity index (χ2n) is 2.71. The molecule has 0 heterocycles. The van der Waals surface area contributed by atoms with Gasteiger partial charge in [-0.2, -0.15) is 13.2 Å². The number of phenols is 1. The van der Waals surface area contributed by atoms with E-state index in [1.807, 2.05) is 0 Å². The fourth-order valence-electron chi connectivity index (χ4n) is 1.12. The molecule has 1 aromatic carbocycles. The Labute approximate surface area is 82.9 Å². The molecule has 0 saturated heterocycles. The van der Waals surface area contributed by atoms with Crippen LogP contribution in [0.15, 0.2) is 23.2 Å². The molecule has 0 saturated carbocycles. The van der Waals surface area contributed by atoms with Crippen molar-refractivity contribution in [2.45, 2.75) is 12.7 Å². The number of hydrogen-bond donors (Lipinski definition) is 1. The normalized spacial score (nSPS) is 10.9. The minimum absolute atomic E-state index is 0.423. The van der Waals surface area contributed by atoms with Gasteiger partial charge in [0.15, 0.2) is 0 Å². The summed E-state index contributed by atoms with van der Waals surface area (Å²) in [4.78, 5) is 12.8. The van der Waals surface area contributed by atoms with Crippen molar-refractivity contribution in [2.24, 2.45) is 4.99 Å². The van der Waals surface area contributed by atoms with Crippen LogP contribution in [0.5, 0.6) is 5.75 Å². The lowest BCUT2D eigenvalue weighted by atomic mass is 10.1. The lowest BCUT2D eigenvalue weighted by molar-refractivity contribution is -0.138. The van der Waals surface area contributed by atoms with E-state index in [1.54, 1.807) is 0 Å². The zero-order chi connectivity index (χ0) is 11.5. The maximum atomic E-state index is 12.4. The molecular weight excluding hydrogens is 211 g/mol. The highest BCUT2D eigenvalue weighted by Crippen LogP contribution is 2.35. The molecule has 3 nitrogen and oxygen atoms in total. The predicted octanol–water partition coefficient (Wildman–Crippen LogP) is 2.25. The monoisotopic (exact) mass is 217 g/mol. The Morgan fingerprint density at radius 2 is 2.07 bits per heavy atom. The first-order valence-corrected chi connectivity index (χ1v) is 3.88. The second-order valence-corrected chi connectivity index (χ2v) is 2.71. The summed E-state index contributed by atoms with van der Waals surface area (Å²) in [6.07, 6.45) is -3.46. The number of alkyl halides is 3. The average molecular weight is 217 g/mol. The molecule has 0 aliphatic rings. The zero-order valence-corrected chi connectivity index (χ0v) is 7.38. The molecule has 80 valence electrons. The third-order valence-electron chi connectivity index (χ3n) is 1.76. The van der Waals surface area contributed by atoms with Crippen molar-refractivity contribution in [3.8, 4) is 5.75 Å². The van der Waals surface area contributed by atoms with Crippen molar-refractivity contribution >= 4 is 6.08 Å². The fourth-order valence-corrected chi connectivity index (χ4v) is 1.12. The van der Waals surface area contributed by atoms with Crippen LogP contribution in [0.4, 0.5) is 13.2 Å². The smallest absolute Gasteiger partial charge is 0.416 e. The summed E-state index contributed by atoms with van der Waals surface area (Å²) in [6.45, 7) is -0.537. The van der Waals surface area contributed by atoms with Crippen molar-refractivity contribution in [3.63, 3.8) is 0 Å². The molecule has 0 spiro atoms. The standard InChI is InChI=1S/C9H6F3NO2/c10-9(11,12)7-2-1-3-8(15)6(7)4-13-5-14/h1-3,15H,4H2. The van der Waals surface area contributed by atoms with Crippen LogP contribution < -0.4 is 0 Å². The molecule has 0 radical (unpaired) electrons. The molecule has 6 heteroatoms. The summed E-state index contributed by atoms with van der Waals surface area (Å²) in [5.74, 6) is -0.538. The molecule has 0 amide bonds. The molecule has 1 rings (SSSR count). The van der Waals surface area contributed by atoms with Crippen molar-refractivity contribution in [1.82, 2.24) is 0 Å². The summed E-state index contributed by atoms with van der Waals surface area (Å²) in [5.41, 5.74) is -1.42. The van der Waals surface area contributed by atoms with E-state index in [4.69, 9.17) is 0 Å². The number of isocyanates is 1. The number of phenolic OH excluding ortho intramolecular Hbond substituents is 1. The summed E-state index contributed by atoms with van der Waals surface area (Å²) in [5, 5.41) is 9.19. The van der Waals surface area contributed by atoms with Gasteiger partial charge in [-0.25, -0.2) is 9.79 Å². The largest absolute Gasteiger partial charge is 0.508 e. The number of aromatic hydroxyl groups is 1. The van der Waals surface area contributed by atoms with E-state index in [1.165, 1.54) is 0 Å². The van der Waals surface area contributed by atoms with Crippen LogP contribution in [-0.2, 0) is 17.5 Å². The van der Waals surface area contributed by atoms with Crippen LogP contribution in [-0.4, -0.2) is 11.2 Å². The number of benzene rings is 1. The van der Waals surface area contributed by atoms with Gasteiger partial charge in [-0.1, -0.05) is 6.07 Å². The van der Waals surface area contributed by atoms with Crippen LogP contribution in [0, 0.1) is 0 Å². The van der Waals surface area contributed by atoms with E-state index < -0.39 is 29.6 Å². The summed E-state index contributed by atoms with van der Waals surface area (Å²) >= 11 is 0. The van der Waals surface area contributed by atoms with E-state index in [0.29, 0.717) is 0 Å². The van der Waals surface area contributed by atoms with E-state index in [9.17, 15) is 23.1 Å². The highest BCUT2D eigenvalue weighted by Gasteiger charge is 2.34. The van der Waals surface area contributed by atoms with Crippen molar-refractivity contribution < 1.29 is 23.1 Å². The molecule has 0 aliphatic heterocycles. The molecule has 0 fully saturated rings. The van der Waals surface area contributed by atoms with Gasteiger partial charge in [-0.3, -0.25) is 0 Å². The summed E-state index contributed by atoms with van der Waals surface area (Å²) in [6, 6.07) is 2.99. The third kappa shape index (κ3) is 2.57. The van der Waals surface area contributed by atoms with Crippen molar-refractivity contribution in [2.75, 3.05) is 0 Å². The molecule has 1 aromatic rings. The molecule has 0 unspecified atom stereocenters. The summed E-state index contributed by atoms with van der Waals surface area (Å²) in [7, 11) is 0. The second kappa shape index (κ2) is 4.14. The minimum Gasteiger partial charge on any atom is -0.508 e. The Kier molecular flexibility index (Phi) is 3.11. The Morgan fingerprint density at radius 3 is 2.60 bits per heavy atom. The molecule has 0 aliphatic carbocycles. The van der Waals surface area contributed by atoms with Gasteiger partial charge in [0.25, 0.3) is 0 Å². The van der Waals surface area contributed by atoms with Gasteiger partial charge in [0.2, 0.25) is 6.08 Å². The van der Waals surface area contributed by atoms with Gasteiger partial charge in [0.05, 0.1) is 12.1 Å². The first kappa shape index (κ1) is 11.3. The van der Waals surface area contributed by atoms with Crippen LogP contribution >= 0.6 is 0 Å². The number of carbonyl (C=O) groups excluding carboxylic acids is 1. The van der Waals surface area contributed by atoms with Crippen LogP contribution in [0.1, 0.15) is 11.1 Å². The Morgan fingerprint density at radius 1 is 1.40 bits per heavy atom. The highest BCUT2D eigenvalue weighted by atomic mass is 19.4. The van der Waals surface area contributed by atoms with Gasteiger partial charge < -0.3 is 5.11 Å². The third-order valence-corrected chi connectivity index (χ3v) is 1.76. The van der Waals surface area contributed by atoms with E-state index in [2.05, 4.69) is 4.99 Å². The van der Waals surface area contributed by atoms with E-state index in [0.717, 1.165) is 24.3 Å². The Balaban J connectivity index is 3.26. The maximum absolute atomic E-state index is 12.4. The molecule has 1 N–H and O–H groups in total. The van der Waals surface area contributed by atoms with Crippen LogP contribution in [0.25, 0.3) is 0 Å². The van der Waals surface area contributed by atoms with Gasteiger partial charge in [-0.05, 0) is 12.1 Å². The number of nitrogens with zero attached hydrogens (tertiary/aromatic N) is 1. The average Bonchev–Trinajstić information content (AvgIpc) is 2.14. The van der Waals surface area contributed by atoms with E-state index >= 15 is 0 Å². The Hall–Kier alpha value is -1.81. The predicted molar refractivity (Wildman–Crippen MR) is 44.9 cm³/mol. The lowest BCUT2D eigenvalue weighted by Gasteiger charge is -2.11. The number of halogens is 3. The van der Waals surface area contributed by atoms with Crippen LogP contribution in [0.2, 0.25) is 0 Å². The van der Waals surface area contributed by atoms with Crippen molar-refractivity contribution in [3.05, 3.63) is 29.3 Å². The first-order chi connectivity index (χ1) is 6.96. The van der Waals surface area contributed by atoms with Gasteiger partial charge in [-0.15, -0.1) is 0 Å². The van der Waals surface area contributed by atoms with Crippen LogP contribution in [0.3, 0.4) is 0 Å². The Bertz CT molecular complexity index is 408. The van der Waals surface area contributed by atoms with Gasteiger partial charge in [0.1, 0.15) is 5.75 Å². The van der Waals surface area contributed by atoms with Crippen molar-refractivity contribution in [1.29, 1.82) is 0 Å². The topological polar surface area (TPSA) is 49.7 Å². The number of hydrogen-bond acceptors (Lipinski definition) is 3. The summed E-state index contributed by atoms with van der Waals surface area (Å²) < 4.78 is 37.2. The molecule has 0 bridgehead atoms.